The first-order valence-electron chi connectivity index (χ1n) is 23.2. The quantitative estimate of drug-likeness (QED) is 0.0939. The van der Waals surface area contributed by atoms with E-state index in [9.17, 15) is 30.6 Å². The maximum atomic E-state index is 15.5. The lowest BCUT2D eigenvalue weighted by molar-refractivity contribution is -0.138. The van der Waals surface area contributed by atoms with Crippen molar-refractivity contribution in [2.75, 3.05) is 33.2 Å². The van der Waals surface area contributed by atoms with E-state index in [0.717, 1.165) is 67.1 Å². The van der Waals surface area contributed by atoms with Crippen molar-refractivity contribution in [3.05, 3.63) is 136 Å². The van der Waals surface area contributed by atoms with Crippen molar-refractivity contribution in [3.8, 4) is 11.1 Å². The molecule has 0 spiro atoms. The average Bonchev–Trinajstić information content (AvgIpc) is 3.25. The van der Waals surface area contributed by atoms with Crippen molar-refractivity contribution in [1.29, 1.82) is 0 Å². The van der Waals surface area contributed by atoms with E-state index in [2.05, 4.69) is 0 Å². The number of para-hydroxylation sites is 1. The molecule has 0 saturated carbocycles. The summed E-state index contributed by atoms with van der Waals surface area (Å²) in [5.74, 6) is -4.82. The highest BCUT2D eigenvalue weighted by Gasteiger charge is 2.33. The third kappa shape index (κ3) is 8.83. The number of nitrogens with zero attached hydrogens (tertiary/aromatic N) is 3. The predicted molar refractivity (Wildman–Crippen MR) is 198 cm³/mol. The van der Waals surface area contributed by atoms with Crippen LogP contribution in [0.15, 0.2) is 107 Å². The molecule has 5 aromatic rings. The summed E-state index contributed by atoms with van der Waals surface area (Å²) in [5, 5.41) is -1.04. The van der Waals surface area contributed by atoms with Crippen LogP contribution in [-0.4, -0.2) is 59.5 Å². The van der Waals surface area contributed by atoms with Crippen molar-refractivity contribution >= 4 is 28.6 Å². The fourth-order valence-electron chi connectivity index (χ4n) is 5.36. The van der Waals surface area contributed by atoms with Crippen LogP contribution in [0.4, 0.5) is 22.0 Å². The first-order valence-corrected chi connectivity index (χ1v) is 16.6. The number of thioether (sulfide) groups is 1. The topological polar surface area (TPSA) is 54.8 Å². The number of carbonyl (C=O) groups excluding carboxylic acids is 1. The predicted octanol–water partition coefficient (Wildman–Crippen LogP) is 8.96. The molecule has 4 aromatic carbocycles. The van der Waals surface area contributed by atoms with Crippen LogP contribution in [0.25, 0.3) is 22.0 Å². The third-order valence-corrected chi connectivity index (χ3v) is 8.89. The Morgan fingerprint density at radius 1 is 1.04 bits per heavy atom. The van der Waals surface area contributed by atoms with Gasteiger partial charge in [0.1, 0.15) is 6.54 Å². The Hall–Kier alpha value is -4.52. The lowest BCUT2D eigenvalue weighted by atomic mass is 9.96. The van der Waals surface area contributed by atoms with E-state index in [1.54, 1.807) is 0 Å². The lowest BCUT2D eigenvalue weighted by Crippen LogP contribution is -2.49. The maximum Gasteiger partial charge on any atom is 0.416 e. The molecule has 0 bridgehead atoms. The second-order valence-corrected chi connectivity index (χ2v) is 12.2. The van der Waals surface area contributed by atoms with E-state index in [-0.39, 0.29) is 43.6 Å². The molecule has 1 aliphatic rings. The molecule has 2 heterocycles. The minimum absolute atomic E-state index is 0.0422. The van der Waals surface area contributed by atoms with Crippen LogP contribution < -0.4 is 5.43 Å². The summed E-state index contributed by atoms with van der Waals surface area (Å²) in [6, 6.07) is 8.02. The summed E-state index contributed by atoms with van der Waals surface area (Å²) in [7, 11) is 0.817. The number of rotatable bonds is 12. The van der Waals surface area contributed by atoms with Gasteiger partial charge in [-0.1, -0.05) is 60.7 Å². The summed E-state index contributed by atoms with van der Waals surface area (Å²) >= 11 is -0.0422. The standard InChI is InChI=1S/C41H40F5N3O3S/c1-27(28-10-12-29(13-11-28)30-14-16-32(17-15-30)41(44,45)46)49(33-18-20-47(21-19-33)22-23-52-2)38(51)25-48-36-9-4-3-7-34(36)37(50)24-39(48)53-26-31-6-5-8-35(42)40(31)43/h3-17,24,27,33H,18-23,25-26H2,1-2H3/i18D2,19D2,20D2,21D2,23D2,24D,26D2,27D,33D. The molecular formula is C41H40F5N3O3S. The number of ether oxygens (including phenoxy) is 1. The molecule has 1 amide bonds. The van der Waals surface area contributed by atoms with Gasteiger partial charge in [-0.3, -0.25) is 9.59 Å². The highest BCUT2D eigenvalue weighted by atomic mass is 32.2. The fourth-order valence-corrected chi connectivity index (χ4v) is 6.14. The second-order valence-electron chi connectivity index (χ2n) is 11.4. The zero-order chi connectivity index (χ0) is 51.2. The zero-order valence-electron chi connectivity index (χ0n) is 42.9. The number of likely N-dealkylation sites (tertiary alicyclic amines) is 1. The van der Waals surface area contributed by atoms with Gasteiger partial charge in [-0.2, -0.15) is 13.2 Å². The van der Waals surface area contributed by atoms with Crippen LogP contribution in [0, 0.1) is 11.6 Å². The lowest BCUT2D eigenvalue weighted by Gasteiger charge is -2.42. The van der Waals surface area contributed by atoms with Crippen LogP contribution in [-0.2, 0) is 28.0 Å². The Balaban J connectivity index is 1.61. The SMILES string of the molecule is [2H]c1c(SC([2H])([2H])c2cccc(F)c2F)n(CC(=O)N(C([2H])(C)c2ccc(-c3ccc(C(F)(F)F)cc3)cc2)C2([2H])C([2H])([2H])C([2H])([2H])N(CC([2H])([2H])OC)C([2H])([2H])C2([2H])[2H])c2ccccc2c1=O. The molecule has 1 aromatic heterocycles. The number of amides is 1. The fraction of sp³-hybridized carbons (Fsp3) is 0.317. The van der Waals surface area contributed by atoms with Crippen LogP contribution in [0.5, 0.6) is 0 Å². The Morgan fingerprint density at radius 2 is 1.70 bits per heavy atom. The van der Waals surface area contributed by atoms with Gasteiger partial charge < -0.3 is 19.1 Å². The molecule has 6 nitrogen and oxygen atoms in total. The van der Waals surface area contributed by atoms with E-state index in [4.69, 9.17) is 17.1 Å². The highest BCUT2D eigenvalue weighted by Crippen LogP contribution is 2.34. The molecule has 0 radical (unpaired) electrons. The molecule has 1 atom stereocenters. The second kappa shape index (κ2) is 16.7. The number of alkyl halides is 3. The van der Waals surface area contributed by atoms with Gasteiger partial charge in [0.25, 0.3) is 0 Å². The van der Waals surface area contributed by atoms with Gasteiger partial charge in [0.05, 0.1) is 35.5 Å². The highest BCUT2D eigenvalue weighted by molar-refractivity contribution is 7.98. The molecule has 1 saturated heterocycles. The Kier molecular flexibility index (Phi) is 7.32. The van der Waals surface area contributed by atoms with Gasteiger partial charge >= 0.3 is 6.18 Å². The van der Waals surface area contributed by atoms with Gasteiger partial charge in [-0.05, 0) is 66.7 Å². The Morgan fingerprint density at radius 3 is 2.36 bits per heavy atom. The molecular weight excluding hydrogens is 710 g/mol. The van der Waals surface area contributed by atoms with Crippen LogP contribution in [0.1, 0.15) is 62.9 Å². The number of carbonyl (C=O) groups is 1. The number of pyridine rings is 1. The molecule has 278 valence electrons. The average molecular weight is 765 g/mol. The minimum atomic E-state index is -4.67. The first kappa shape index (κ1) is 23.3. The number of aromatic nitrogens is 1. The number of methoxy groups -OCH3 is 1. The van der Waals surface area contributed by atoms with E-state index >= 15 is 9.18 Å². The number of benzene rings is 4. The molecule has 0 aliphatic carbocycles. The molecule has 53 heavy (non-hydrogen) atoms. The van der Waals surface area contributed by atoms with Crippen molar-refractivity contribution in [1.82, 2.24) is 14.4 Å². The number of hydrogen-bond donors (Lipinski definition) is 0. The van der Waals surface area contributed by atoms with E-state index in [0.29, 0.717) is 6.07 Å². The molecule has 12 heteroatoms. The van der Waals surface area contributed by atoms with Crippen LogP contribution in [0.3, 0.4) is 0 Å². The van der Waals surface area contributed by atoms with Crippen molar-refractivity contribution in [2.45, 2.75) is 55.2 Å². The third-order valence-electron chi connectivity index (χ3n) is 8.05. The van der Waals surface area contributed by atoms with Gasteiger partial charge in [-0.15, -0.1) is 11.8 Å². The van der Waals surface area contributed by atoms with E-state index < -0.39 is 120 Å². The summed E-state index contributed by atoms with van der Waals surface area (Å²) in [4.78, 5) is 28.9. The summed E-state index contributed by atoms with van der Waals surface area (Å²) in [6.45, 7) is -12.9. The number of halogens is 5. The van der Waals surface area contributed by atoms with Gasteiger partial charge in [-0.25, -0.2) is 8.78 Å². The Bertz CT molecular complexity index is 2790. The van der Waals surface area contributed by atoms with Crippen LogP contribution in [0.2, 0.25) is 0 Å². The van der Waals surface area contributed by atoms with E-state index in [1.807, 2.05) is 0 Å². The van der Waals surface area contributed by atoms with Crippen molar-refractivity contribution in [2.24, 2.45) is 0 Å². The van der Waals surface area contributed by atoms with Gasteiger partial charge in [0.15, 0.2) is 17.1 Å². The summed E-state index contributed by atoms with van der Waals surface area (Å²) in [6.07, 6.45) is -13.0. The summed E-state index contributed by atoms with van der Waals surface area (Å²) < 4.78 is 211. The zero-order valence-corrected chi connectivity index (χ0v) is 28.8. The van der Waals surface area contributed by atoms with E-state index in [1.165, 1.54) is 36.4 Å². The first-order chi connectivity index (χ1) is 31.0. The molecule has 6 rings (SSSR count). The van der Waals surface area contributed by atoms with Gasteiger partial charge in [0, 0.05) is 69.1 Å². The molecule has 1 aliphatic heterocycles. The van der Waals surface area contributed by atoms with Crippen molar-refractivity contribution in [3.63, 3.8) is 0 Å². The number of piperidine rings is 1. The van der Waals surface area contributed by atoms with Crippen LogP contribution >= 0.6 is 11.8 Å². The summed E-state index contributed by atoms with van der Waals surface area (Å²) in [5.41, 5.74) is -6.17. The monoisotopic (exact) mass is 764 g/mol. The minimum Gasteiger partial charge on any atom is -0.383 e. The largest absolute Gasteiger partial charge is 0.416 e. The van der Waals surface area contributed by atoms with Crippen molar-refractivity contribution < 1.29 is 52.0 Å². The molecule has 1 fully saturated rings. The van der Waals surface area contributed by atoms with Gasteiger partial charge in [0.2, 0.25) is 5.91 Å². The number of hydrogen-bond acceptors (Lipinski definition) is 5. The molecule has 0 N–H and O–H groups in total. The normalized spacial score (nSPS) is 24.5. The number of fused-ring (bicyclic) bond motifs is 1. The smallest absolute Gasteiger partial charge is 0.383 e. The maximum absolute atomic E-state index is 15.5. The molecule has 1 unspecified atom stereocenters. The Labute approximate surface area is 330 Å².